The maximum Gasteiger partial charge on any atom is 0.405 e. The zero-order valence-corrected chi connectivity index (χ0v) is 21.4. The Bertz CT molecular complexity index is 561. The minimum atomic E-state index is -0.725. The van der Waals surface area contributed by atoms with Crippen molar-refractivity contribution in [1.29, 1.82) is 0 Å². The highest BCUT2D eigenvalue weighted by Gasteiger charge is 2.38. The third-order valence-electron chi connectivity index (χ3n) is 4.58. The number of nitrogens with zero attached hydrogens (tertiary/aromatic N) is 1. The summed E-state index contributed by atoms with van der Waals surface area (Å²) < 4.78 is 8.44. The van der Waals surface area contributed by atoms with Crippen molar-refractivity contribution in [3.05, 3.63) is 12.2 Å². The first-order valence-corrected chi connectivity index (χ1v) is 11.1. The lowest BCUT2D eigenvalue weighted by Gasteiger charge is -2.25. The van der Waals surface area contributed by atoms with Gasteiger partial charge in [0.05, 0.1) is 7.11 Å². The summed E-state index contributed by atoms with van der Waals surface area (Å²) in [7, 11) is 1.31. The third kappa shape index (κ3) is 15.4. The lowest BCUT2D eigenvalue weighted by atomic mass is 9.79. The van der Waals surface area contributed by atoms with Gasteiger partial charge < -0.3 is 20.1 Å². The second-order valence-corrected chi connectivity index (χ2v) is 9.85. The number of nitrogens with two attached hydrogens (primary N) is 1. The number of ether oxygens (including phenoxy) is 2. The number of hydrogen-bond acceptors (Lipinski definition) is 5. The molecule has 0 bridgehead atoms. The Hall–Kier alpha value is -2.05. The van der Waals surface area contributed by atoms with Crippen molar-refractivity contribution in [2.45, 2.75) is 80.8 Å². The Morgan fingerprint density at radius 3 is 1.97 bits per heavy atom. The van der Waals surface area contributed by atoms with Crippen molar-refractivity contribution in [3.63, 3.8) is 0 Å². The number of carbonyl (C=O) groups is 3. The van der Waals surface area contributed by atoms with Gasteiger partial charge in [-0.2, -0.15) is 0 Å². The van der Waals surface area contributed by atoms with Gasteiger partial charge in [-0.15, -0.1) is 0 Å². The van der Waals surface area contributed by atoms with Gasteiger partial charge in [-0.1, -0.05) is 53.7 Å². The van der Waals surface area contributed by atoms with Gasteiger partial charge in [-0.05, 0) is 50.4 Å². The van der Waals surface area contributed by atoms with Gasteiger partial charge in [0.25, 0.3) is 6.47 Å². The molecular formula is C24H46N2O5. The molecule has 182 valence electrons. The Balaban J connectivity index is 0. The first kappa shape index (κ1) is 31.1. The predicted octanol–water partition coefficient (Wildman–Crippen LogP) is 4.79. The van der Waals surface area contributed by atoms with Crippen molar-refractivity contribution in [1.82, 2.24) is 4.90 Å². The largest absolute Gasteiger partial charge is 0.471 e. The Kier molecular flexibility index (Phi) is 14.9. The van der Waals surface area contributed by atoms with Crippen LogP contribution in [0.4, 0.5) is 4.79 Å². The minimum absolute atomic E-state index is 0.106. The van der Waals surface area contributed by atoms with Gasteiger partial charge >= 0.3 is 6.09 Å². The highest BCUT2D eigenvalue weighted by Crippen LogP contribution is 2.37. The minimum Gasteiger partial charge on any atom is -0.471 e. The molecule has 2 N–H and O–H groups in total. The monoisotopic (exact) mass is 442 g/mol. The normalized spacial score (nSPS) is 21.6. The van der Waals surface area contributed by atoms with E-state index in [-0.39, 0.29) is 5.41 Å². The van der Waals surface area contributed by atoms with E-state index in [1.807, 2.05) is 13.8 Å². The van der Waals surface area contributed by atoms with E-state index < -0.39 is 11.7 Å². The molecule has 0 aromatic heterocycles. The van der Waals surface area contributed by atoms with Crippen LogP contribution in [0.1, 0.15) is 75.2 Å². The van der Waals surface area contributed by atoms with Crippen LogP contribution in [0.25, 0.3) is 0 Å². The van der Waals surface area contributed by atoms with Crippen LogP contribution in [0.2, 0.25) is 0 Å². The molecule has 1 fully saturated rings. The zero-order valence-electron chi connectivity index (χ0n) is 21.4. The molecule has 1 aliphatic heterocycles. The number of rotatable bonds is 2. The third-order valence-corrected chi connectivity index (χ3v) is 4.58. The number of hydrogen-bond donors (Lipinski definition) is 1. The lowest BCUT2D eigenvalue weighted by Crippen LogP contribution is -2.32. The maximum atomic E-state index is 12.2. The number of likely N-dealkylation sites (tertiary alicyclic amines) is 1. The first-order chi connectivity index (χ1) is 14.2. The van der Waals surface area contributed by atoms with Crippen molar-refractivity contribution >= 4 is 18.5 Å². The summed E-state index contributed by atoms with van der Waals surface area (Å²) in [6.07, 6.45) is 5.72. The van der Waals surface area contributed by atoms with E-state index in [0.717, 1.165) is 19.5 Å². The summed E-state index contributed by atoms with van der Waals surface area (Å²) >= 11 is 0. The van der Waals surface area contributed by atoms with E-state index in [9.17, 15) is 9.59 Å². The van der Waals surface area contributed by atoms with Gasteiger partial charge in [0, 0.05) is 19.5 Å². The van der Waals surface area contributed by atoms with Crippen LogP contribution in [0.5, 0.6) is 0 Å². The van der Waals surface area contributed by atoms with Gasteiger partial charge in [0.2, 0.25) is 5.91 Å². The molecule has 3 unspecified atom stereocenters. The average molecular weight is 443 g/mol. The summed E-state index contributed by atoms with van der Waals surface area (Å²) in [4.78, 5) is 33.3. The summed E-state index contributed by atoms with van der Waals surface area (Å²) in [5.41, 5.74) is 4.37. The molecule has 0 radical (unpaired) electrons. The van der Waals surface area contributed by atoms with Crippen molar-refractivity contribution in [2.75, 3.05) is 20.2 Å². The Labute approximate surface area is 189 Å². The topological polar surface area (TPSA) is 98.9 Å². The predicted molar refractivity (Wildman–Crippen MR) is 125 cm³/mol. The number of primary amides is 1. The van der Waals surface area contributed by atoms with Crippen LogP contribution in [-0.4, -0.2) is 49.2 Å². The van der Waals surface area contributed by atoms with E-state index in [1.54, 1.807) is 20.8 Å². The van der Waals surface area contributed by atoms with Gasteiger partial charge in [0.15, 0.2) is 0 Å². The molecular weight excluding hydrogens is 396 g/mol. The van der Waals surface area contributed by atoms with Crippen LogP contribution in [0.3, 0.4) is 0 Å². The van der Waals surface area contributed by atoms with Crippen molar-refractivity contribution in [2.24, 2.45) is 28.9 Å². The van der Waals surface area contributed by atoms with Crippen LogP contribution >= 0.6 is 0 Å². The number of allylic oxidation sites excluding steroid dienone is 2. The molecule has 1 heterocycles. The van der Waals surface area contributed by atoms with Crippen LogP contribution in [-0.2, 0) is 19.1 Å². The molecule has 2 aliphatic rings. The zero-order chi connectivity index (χ0) is 24.8. The molecule has 1 aliphatic carbocycles. The summed E-state index contributed by atoms with van der Waals surface area (Å²) in [6, 6.07) is 0. The van der Waals surface area contributed by atoms with E-state index >= 15 is 0 Å². The average Bonchev–Trinajstić information content (AvgIpc) is 3.07. The van der Waals surface area contributed by atoms with E-state index in [2.05, 4.69) is 54.2 Å². The fraction of sp³-hybridized carbons (Fsp3) is 0.792. The molecule has 0 aromatic rings. The fourth-order valence-electron chi connectivity index (χ4n) is 3.42. The maximum absolute atomic E-state index is 12.2. The number of amides is 2. The second-order valence-electron chi connectivity index (χ2n) is 9.85. The molecule has 2 amide bonds. The molecule has 0 aromatic carbocycles. The molecule has 7 nitrogen and oxygen atoms in total. The molecule has 3 atom stereocenters. The first-order valence-electron chi connectivity index (χ1n) is 11.1. The van der Waals surface area contributed by atoms with Crippen molar-refractivity contribution in [3.8, 4) is 0 Å². The Morgan fingerprint density at radius 2 is 1.65 bits per heavy atom. The highest BCUT2D eigenvalue weighted by atomic mass is 16.6. The molecule has 7 heteroatoms. The molecule has 0 saturated carbocycles. The fourth-order valence-corrected chi connectivity index (χ4v) is 3.42. The molecule has 31 heavy (non-hydrogen) atoms. The van der Waals surface area contributed by atoms with Gasteiger partial charge in [0.1, 0.15) is 5.60 Å². The molecule has 2 rings (SSSR count). The standard InChI is InChI=1S/C15H25NO.C5H11NO2.C2H4O2.C2H6/c1-11-6-5-7-12-9-16(10-13(11)12)14(17)8-15(2,3)4;1-5(2,3)8-4(6)7;1-4-2-3;1-2/h5-6,11-13H,7-10H2,1-4H3;1-3H3,(H2,6,7);2H,1H3;1-2H3. The van der Waals surface area contributed by atoms with E-state index in [0.29, 0.717) is 36.6 Å². The van der Waals surface area contributed by atoms with Crippen LogP contribution in [0, 0.1) is 23.2 Å². The smallest absolute Gasteiger partial charge is 0.405 e. The number of carbonyl (C=O) groups excluding carboxylic acids is 3. The summed E-state index contributed by atoms with van der Waals surface area (Å²) in [5.74, 6) is 2.39. The van der Waals surface area contributed by atoms with Crippen LogP contribution < -0.4 is 5.73 Å². The number of fused-ring (bicyclic) bond motifs is 1. The highest BCUT2D eigenvalue weighted by molar-refractivity contribution is 5.77. The quantitative estimate of drug-likeness (QED) is 0.490. The summed E-state index contributed by atoms with van der Waals surface area (Å²) in [6.45, 7) is 20.3. The summed E-state index contributed by atoms with van der Waals surface area (Å²) in [5, 5.41) is 0. The van der Waals surface area contributed by atoms with Crippen LogP contribution in [0.15, 0.2) is 12.2 Å². The molecule has 0 spiro atoms. The molecule has 1 saturated heterocycles. The SMILES string of the molecule is CC.CC(C)(C)OC(N)=O.CC1C=CCC2CN(C(=O)CC(C)(C)C)CC12.COC=O. The van der Waals surface area contributed by atoms with E-state index in [4.69, 9.17) is 10.5 Å². The second kappa shape index (κ2) is 14.9. The number of methoxy groups -OCH3 is 1. The van der Waals surface area contributed by atoms with E-state index in [1.165, 1.54) is 7.11 Å². The Morgan fingerprint density at radius 1 is 1.13 bits per heavy atom. The lowest BCUT2D eigenvalue weighted by molar-refractivity contribution is -0.132. The van der Waals surface area contributed by atoms with Crippen molar-refractivity contribution < 1.29 is 23.9 Å². The van der Waals surface area contributed by atoms with Gasteiger partial charge in [-0.25, -0.2) is 4.79 Å². The van der Waals surface area contributed by atoms with Gasteiger partial charge in [-0.3, -0.25) is 9.59 Å².